The number of para-hydroxylation sites is 2. The van der Waals surface area contributed by atoms with E-state index in [2.05, 4.69) is 30.4 Å². The number of ether oxygens (including phenoxy) is 1. The predicted molar refractivity (Wildman–Crippen MR) is 142 cm³/mol. The largest absolute Gasteiger partial charge is 0.755 e. The number of hydrogen-bond acceptors (Lipinski definition) is 9. The zero-order valence-electron chi connectivity index (χ0n) is 19.8. The molecule has 0 aliphatic rings. The molecule has 14 heteroatoms. The standard InChI is InChI=1S/C24H20ClN7O5S/c1-37-17-9-10-18(25)21(14-17)28-22-23(29-20-8-3-2-7-19(20)27-22)32(38(35)36)16-6-4-5-15(13-16)24(34)30-31-26-11-12-33/h2-10,13-14,33H,11-12H2,1H3,(H-,27,28,35,36). The summed E-state index contributed by atoms with van der Waals surface area (Å²) in [5, 5.41) is 19.1. The number of carbonyl (C=O) groups is 1. The van der Waals surface area contributed by atoms with E-state index in [-0.39, 0.29) is 36.0 Å². The maximum Gasteiger partial charge on any atom is 0.360 e. The van der Waals surface area contributed by atoms with Crippen LogP contribution in [0.1, 0.15) is 10.4 Å². The highest BCUT2D eigenvalue weighted by atomic mass is 35.5. The first-order valence-electron chi connectivity index (χ1n) is 11.0. The van der Waals surface area contributed by atoms with E-state index >= 15 is 0 Å². The van der Waals surface area contributed by atoms with Crippen LogP contribution in [0.4, 0.5) is 23.0 Å². The van der Waals surface area contributed by atoms with Crippen molar-refractivity contribution < 1.29 is 23.4 Å². The predicted octanol–water partition coefficient (Wildman–Crippen LogP) is 4.07. The molecule has 0 radical (unpaired) electrons. The summed E-state index contributed by atoms with van der Waals surface area (Å²) in [6.45, 7) is -0.245. The van der Waals surface area contributed by atoms with Gasteiger partial charge in [0.25, 0.3) is 0 Å². The molecule has 0 saturated carbocycles. The third-order valence-electron chi connectivity index (χ3n) is 5.05. The lowest BCUT2D eigenvalue weighted by molar-refractivity contribution is 0.0992. The van der Waals surface area contributed by atoms with Gasteiger partial charge in [-0.25, -0.2) is 9.97 Å². The fraction of sp³-hybridized carbons (Fsp3) is 0.125. The molecular formula is C24H20ClN7O5S. The SMILES string of the molecule is COc1ccc(Cl)c(Nc2nc3ccccc3nc2N(c2cccc(C(=O)N=[N+]=NCCO)c2)S(=O)[O-])c1. The summed E-state index contributed by atoms with van der Waals surface area (Å²) >= 11 is 3.48. The van der Waals surface area contributed by atoms with E-state index in [1.807, 2.05) is 0 Å². The monoisotopic (exact) mass is 553 g/mol. The van der Waals surface area contributed by atoms with Gasteiger partial charge in [0.2, 0.25) is 10.0 Å². The van der Waals surface area contributed by atoms with E-state index in [1.165, 1.54) is 31.4 Å². The summed E-state index contributed by atoms with van der Waals surface area (Å²) < 4.78 is 31.3. The van der Waals surface area contributed by atoms with Crippen LogP contribution in [0, 0.1) is 0 Å². The molecule has 0 aliphatic heterocycles. The van der Waals surface area contributed by atoms with E-state index in [0.717, 1.165) is 4.31 Å². The van der Waals surface area contributed by atoms with Crippen molar-refractivity contribution in [3.8, 4) is 5.75 Å². The molecule has 0 aliphatic carbocycles. The van der Waals surface area contributed by atoms with E-state index in [9.17, 15) is 13.6 Å². The Labute approximate surface area is 224 Å². The molecule has 1 heterocycles. The van der Waals surface area contributed by atoms with E-state index in [0.29, 0.717) is 27.5 Å². The quantitative estimate of drug-likeness (QED) is 0.178. The van der Waals surface area contributed by atoms with Gasteiger partial charge < -0.3 is 19.7 Å². The summed E-state index contributed by atoms with van der Waals surface area (Å²) in [6.07, 6.45) is 0. The number of halogens is 1. The van der Waals surface area contributed by atoms with Gasteiger partial charge >= 0.3 is 5.91 Å². The lowest BCUT2D eigenvalue weighted by Gasteiger charge is -2.27. The van der Waals surface area contributed by atoms with Crippen LogP contribution < -0.4 is 19.3 Å². The van der Waals surface area contributed by atoms with Crippen molar-refractivity contribution in [2.75, 3.05) is 29.9 Å². The van der Waals surface area contributed by atoms with E-state index in [4.69, 9.17) is 21.4 Å². The number of methoxy groups -OCH3 is 1. The van der Waals surface area contributed by atoms with Crippen LogP contribution >= 0.6 is 11.6 Å². The number of benzene rings is 3. The second-order valence-electron chi connectivity index (χ2n) is 7.50. The van der Waals surface area contributed by atoms with Crippen LogP contribution in [0.2, 0.25) is 5.02 Å². The highest BCUT2D eigenvalue weighted by Gasteiger charge is 2.22. The molecule has 38 heavy (non-hydrogen) atoms. The van der Waals surface area contributed by atoms with Crippen LogP contribution in [0.5, 0.6) is 5.75 Å². The molecule has 4 rings (SSSR count). The number of hydrogen-bond donors (Lipinski definition) is 2. The minimum atomic E-state index is -2.89. The third kappa shape index (κ3) is 6.17. The molecule has 0 bridgehead atoms. The minimum Gasteiger partial charge on any atom is -0.755 e. The Morgan fingerprint density at radius 3 is 2.63 bits per heavy atom. The Bertz CT molecular complexity index is 1580. The maximum atomic E-state index is 12.6. The average Bonchev–Trinajstić information content (AvgIpc) is 2.92. The smallest absolute Gasteiger partial charge is 0.360 e. The van der Waals surface area contributed by atoms with Crippen molar-refractivity contribution in [1.29, 1.82) is 0 Å². The van der Waals surface area contributed by atoms with Gasteiger partial charge in [-0.1, -0.05) is 29.8 Å². The molecule has 0 saturated heterocycles. The third-order valence-corrected chi connectivity index (χ3v) is 6.06. The maximum absolute atomic E-state index is 12.6. The summed E-state index contributed by atoms with van der Waals surface area (Å²) in [4.78, 5) is 25.0. The number of aliphatic hydroxyl groups excluding tert-OH is 1. The zero-order chi connectivity index (χ0) is 27.1. The van der Waals surface area contributed by atoms with Crippen molar-refractivity contribution in [3.05, 3.63) is 77.3 Å². The summed E-state index contributed by atoms with van der Waals surface area (Å²) in [5.41, 5.74) is 1.50. The fourth-order valence-corrected chi connectivity index (χ4v) is 4.05. The zero-order valence-corrected chi connectivity index (χ0v) is 21.4. The number of rotatable bonds is 9. The van der Waals surface area contributed by atoms with Gasteiger partial charge in [0.05, 0.1) is 58.0 Å². The first-order chi connectivity index (χ1) is 18.4. The molecule has 0 spiro atoms. The summed E-state index contributed by atoms with van der Waals surface area (Å²) in [6, 6.07) is 17.6. The normalized spacial score (nSPS) is 11.4. The highest BCUT2D eigenvalue weighted by molar-refractivity contribution is 7.81. The second-order valence-corrected chi connectivity index (χ2v) is 8.71. The Kier molecular flexibility index (Phi) is 8.69. The molecule has 3 aromatic carbocycles. The molecule has 1 aromatic heterocycles. The van der Waals surface area contributed by atoms with Gasteiger partial charge in [0, 0.05) is 6.07 Å². The summed E-state index contributed by atoms with van der Waals surface area (Å²) in [5.74, 6) is -0.221. The van der Waals surface area contributed by atoms with Gasteiger partial charge in [0.15, 0.2) is 11.6 Å². The molecule has 1 atom stereocenters. The number of nitrogens with one attached hydrogen (secondary N) is 1. The number of fused-ring (bicyclic) bond motifs is 1. The van der Waals surface area contributed by atoms with Crippen molar-refractivity contribution >= 4 is 62.8 Å². The number of carbonyl (C=O) groups excluding carboxylic acids is 1. The Hall–Kier alpha value is -4.26. The molecule has 12 nitrogen and oxygen atoms in total. The molecule has 2 N–H and O–H groups in total. The first kappa shape index (κ1) is 26.8. The van der Waals surface area contributed by atoms with Crippen LogP contribution in [-0.2, 0) is 11.3 Å². The Balaban J connectivity index is 1.83. The number of aliphatic hydroxyl groups is 1. The molecule has 0 fully saturated rings. The van der Waals surface area contributed by atoms with Crippen LogP contribution in [0.3, 0.4) is 0 Å². The Morgan fingerprint density at radius 1 is 1.16 bits per heavy atom. The van der Waals surface area contributed by atoms with Gasteiger partial charge in [-0.2, -0.15) is 0 Å². The van der Waals surface area contributed by atoms with Crippen molar-refractivity contribution in [3.63, 3.8) is 0 Å². The number of amides is 1. The van der Waals surface area contributed by atoms with Crippen LogP contribution in [0.25, 0.3) is 11.0 Å². The topological polar surface area (TPSA) is 167 Å². The second kappa shape index (κ2) is 12.3. The molecule has 194 valence electrons. The van der Waals surface area contributed by atoms with Gasteiger partial charge in [-0.05, 0) is 42.5 Å². The Morgan fingerprint density at radius 2 is 1.92 bits per heavy atom. The number of aromatic nitrogens is 2. The fourth-order valence-electron chi connectivity index (χ4n) is 3.33. The lowest BCUT2D eigenvalue weighted by atomic mass is 10.2. The van der Waals surface area contributed by atoms with Gasteiger partial charge in [0.1, 0.15) is 17.4 Å². The van der Waals surface area contributed by atoms with Gasteiger partial charge in [-0.15, -0.1) is 0 Å². The van der Waals surface area contributed by atoms with Crippen molar-refractivity contribution in [1.82, 2.24) is 14.9 Å². The lowest BCUT2D eigenvalue weighted by Crippen LogP contribution is -2.22. The summed E-state index contributed by atoms with van der Waals surface area (Å²) in [7, 11) is 1.51. The van der Waals surface area contributed by atoms with Crippen LogP contribution in [0.15, 0.2) is 77.0 Å². The number of nitrogens with zero attached hydrogens (tertiary/aromatic N) is 6. The first-order valence-corrected chi connectivity index (χ1v) is 12.4. The van der Waals surface area contributed by atoms with Crippen molar-refractivity contribution in [2.45, 2.75) is 0 Å². The molecular weight excluding hydrogens is 534 g/mol. The average molecular weight is 554 g/mol. The van der Waals surface area contributed by atoms with E-state index < -0.39 is 17.2 Å². The van der Waals surface area contributed by atoms with Gasteiger partial charge in [-0.3, -0.25) is 13.3 Å². The number of anilines is 4. The highest BCUT2D eigenvalue weighted by Crippen LogP contribution is 2.36. The molecule has 4 aromatic rings. The van der Waals surface area contributed by atoms with E-state index in [1.54, 1.807) is 42.5 Å². The molecule has 1 unspecified atom stereocenters. The minimum absolute atomic E-state index is 0.00647. The van der Waals surface area contributed by atoms with Crippen LogP contribution in [-0.4, -0.2) is 50.0 Å². The van der Waals surface area contributed by atoms with Crippen molar-refractivity contribution in [2.24, 2.45) is 10.2 Å². The molecule has 1 amide bonds.